The number of carbonyl (C=O) groups excluding carboxylic acids is 2. The minimum absolute atomic E-state index is 0.0988. The largest absolute Gasteiger partial charge is 0.352 e. The van der Waals surface area contributed by atoms with Crippen molar-refractivity contribution < 1.29 is 18.0 Å². The summed E-state index contributed by atoms with van der Waals surface area (Å²) in [5, 5.41) is 5.03. The molecular weight excluding hydrogens is 446 g/mol. The van der Waals surface area contributed by atoms with Crippen LogP contribution >= 0.6 is 11.3 Å². The molecule has 1 unspecified atom stereocenters. The van der Waals surface area contributed by atoms with Gasteiger partial charge < -0.3 is 10.2 Å². The first-order valence-corrected chi connectivity index (χ1v) is 13.4. The third-order valence-electron chi connectivity index (χ3n) is 5.64. The molecule has 1 fully saturated rings. The van der Waals surface area contributed by atoms with Crippen molar-refractivity contribution in [2.45, 2.75) is 69.0 Å². The van der Waals surface area contributed by atoms with E-state index in [-0.39, 0.29) is 23.4 Å². The van der Waals surface area contributed by atoms with Gasteiger partial charge in [0.1, 0.15) is 6.04 Å². The Kier molecular flexibility index (Phi) is 8.84. The number of hydrogen-bond donors (Lipinski definition) is 2. The molecule has 32 heavy (non-hydrogen) atoms. The van der Waals surface area contributed by atoms with Crippen LogP contribution in [-0.4, -0.2) is 43.8 Å². The van der Waals surface area contributed by atoms with Gasteiger partial charge in [-0.2, -0.15) is 0 Å². The molecule has 1 aliphatic rings. The van der Waals surface area contributed by atoms with Gasteiger partial charge in [0.05, 0.1) is 18.0 Å². The summed E-state index contributed by atoms with van der Waals surface area (Å²) in [6.07, 6.45) is 5.36. The summed E-state index contributed by atoms with van der Waals surface area (Å²) < 4.78 is 27.6. The van der Waals surface area contributed by atoms with Crippen LogP contribution in [0.1, 0.15) is 50.3 Å². The van der Waals surface area contributed by atoms with E-state index in [2.05, 4.69) is 10.0 Å². The molecule has 7 nitrogen and oxygen atoms in total. The number of benzene rings is 1. The highest BCUT2D eigenvalue weighted by Gasteiger charge is 2.32. The topological polar surface area (TPSA) is 95.6 Å². The molecule has 0 bridgehead atoms. The molecule has 2 N–H and O–H groups in total. The molecule has 1 atom stereocenters. The number of sulfonamides is 1. The van der Waals surface area contributed by atoms with Crippen LogP contribution in [0.4, 0.5) is 0 Å². The summed E-state index contributed by atoms with van der Waals surface area (Å²) in [6, 6.07) is 11.3. The monoisotopic (exact) mass is 477 g/mol. The van der Waals surface area contributed by atoms with Gasteiger partial charge in [0, 0.05) is 10.9 Å². The molecule has 0 aliphatic heterocycles. The molecule has 0 saturated heterocycles. The molecule has 1 saturated carbocycles. The van der Waals surface area contributed by atoms with Gasteiger partial charge in [0.25, 0.3) is 0 Å². The Hall–Kier alpha value is -2.23. The van der Waals surface area contributed by atoms with Crippen molar-refractivity contribution in [3.05, 3.63) is 52.7 Å². The summed E-state index contributed by atoms with van der Waals surface area (Å²) >= 11 is 1.51. The number of nitrogens with zero attached hydrogens (tertiary/aromatic N) is 1. The fourth-order valence-electron chi connectivity index (χ4n) is 3.95. The van der Waals surface area contributed by atoms with Gasteiger partial charge >= 0.3 is 0 Å². The Bertz CT molecular complexity index is 972. The summed E-state index contributed by atoms with van der Waals surface area (Å²) in [5.74, 6) is -0.576. The van der Waals surface area contributed by atoms with Gasteiger partial charge in [-0.25, -0.2) is 13.1 Å². The van der Waals surface area contributed by atoms with Crippen LogP contribution in [0, 0.1) is 0 Å². The van der Waals surface area contributed by atoms with E-state index in [9.17, 15) is 18.0 Å². The first-order chi connectivity index (χ1) is 15.4. The second-order valence-electron chi connectivity index (χ2n) is 8.03. The zero-order valence-corrected chi connectivity index (χ0v) is 20.0. The van der Waals surface area contributed by atoms with E-state index in [1.54, 1.807) is 18.2 Å². The van der Waals surface area contributed by atoms with Crippen LogP contribution < -0.4 is 10.0 Å². The van der Waals surface area contributed by atoms with Crippen molar-refractivity contribution in [1.82, 2.24) is 14.9 Å². The Morgan fingerprint density at radius 1 is 1.12 bits per heavy atom. The Balaban J connectivity index is 1.76. The highest BCUT2D eigenvalue weighted by atomic mass is 32.2. The van der Waals surface area contributed by atoms with Gasteiger partial charge in [0.15, 0.2) is 0 Å². The SMILES string of the molecule is CCCC(C(=O)NC1CCCC1)N(Cc1cccs1)C(=O)CNS(=O)(=O)c1ccccc1. The van der Waals surface area contributed by atoms with Gasteiger partial charge in [-0.15, -0.1) is 11.3 Å². The number of carbonyl (C=O) groups is 2. The Morgan fingerprint density at radius 3 is 2.47 bits per heavy atom. The highest BCUT2D eigenvalue weighted by molar-refractivity contribution is 7.89. The third-order valence-corrected chi connectivity index (χ3v) is 7.91. The van der Waals surface area contributed by atoms with Crippen LogP contribution in [0.5, 0.6) is 0 Å². The van der Waals surface area contributed by atoms with Crippen molar-refractivity contribution >= 4 is 33.2 Å². The van der Waals surface area contributed by atoms with E-state index in [1.807, 2.05) is 24.4 Å². The van der Waals surface area contributed by atoms with E-state index in [0.717, 1.165) is 37.0 Å². The van der Waals surface area contributed by atoms with Gasteiger partial charge in [0.2, 0.25) is 21.8 Å². The Labute approximate surface area is 194 Å². The highest BCUT2D eigenvalue weighted by Crippen LogP contribution is 2.21. The minimum Gasteiger partial charge on any atom is -0.352 e. The minimum atomic E-state index is -3.82. The van der Waals surface area contributed by atoms with Gasteiger partial charge in [-0.3, -0.25) is 9.59 Å². The summed E-state index contributed by atoms with van der Waals surface area (Å²) in [4.78, 5) is 28.9. The summed E-state index contributed by atoms with van der Waals surface area (Å²) in [6.45, 7) is 1.84. The lowest BCUT2D eigenvalue weighted by Crippen LogP contribution is -2.53. The van der Waals surface area contributed by atoms with Gasteiger partial charge in [-0.1, -0.05) is 50.5 Å². The molecule has 1 aromatic carbocycles. The second-order valence-corrected chi connectivity index (χ2v) is 10.8. The smallest absolute Gasteiger partial charge is 0.243 e. The van der Waals surface area contributed by atoms with Crippen LogP contribution in [-0.2, 0) is 26.2 Å². The van der Waals surface area contributed by atoms with Crippen LogP contribution in [0.2, 0.25) is 0 Å². The molecule has 3 rings (SSSR count). The van der Waals surface area contributed by atoms with Gasteiger partial charge in [-0.05, 0) is 42.8 Å². The molecule has 1 aromatic heterocycles. The molecule has 0 radical (unpaired) electrons. The summed E-state index contributed by atoms with van der Waals surface area (Å²) in [5.41, 5.74) is 0. The predicted molar refractivity (Wildman–Crippen MR) is 126 cm³/mol. The number of amides is 2. The first kappa shape index (κ1) is 24.4. The fourth-order valence-corrected chi connectivity index (χ4v) is 5.65. The zero-order valence-electron chi connectivity index (χ0n) is 18.3. The normalized spacial score (nSPS) is 15.4. The van der Waals surface area contributed by atoms with Crippen LogP contribution in [0.25, 0.3) is 0 Å². The number of hydrogen-bond acceptors (Lipinski definition) is 5. The van der Waals surface area contributed by atoms with Crippen molar-refractivity contribution in [3.63, 3.8) is 0 Å². The standard InChI is InChI=1S/C23H31N3O4S2/c1-2-9-21(23(28)25-18-10-6-7-11-18)26(17-19-12-8-15-31-19)22(27)16-24-32(29,30)20-13-4-3-5-14-20/h3-5,8,12-15,18,21,24H,2,6-7,9-11,16-17H2,1H3,(H,25,28). The average Bonchev–Trinajstić information content (AvgIpc) is 3.49. The molecule has 9 heteroatoms. The quantitative estimate of drug-likeness (QED) is 0.519. The number of thiophene rings is 1. The van der Waals surface area contributed by atoms with E-state index in [1.165, 1.54) is 28.4 Å². The lowest BCUT2D eigenvalue weighted by molar-refractivity contribution is -0.141. The lowest BCUT2D eigenvalue weighted by atomic mass is 10.1. The van der Waals surface area contributed by atoms with Crippen molar-refractivity contribution in [2.24, 2.45) is 0 Å². The first-order valence-electron chi connectivity index (χ1n) is 11.1. The predicted octanol–water partition coefficient (Wildman–Crippen LogP) is 3.28. The maximum absolute atomic E-state index is 13.2. The molecule has 2 aromatic rings. The van der Waals surface area contributed by atoms with Crippen LogP contribution in [0.3, 0.4) is 0 Å². The molecule has 0 spiro atoms. The third kappa shape index (κ3) is 6.63. The zero-order chi connectivity index (χ0) is 23.0. The van der Waals surface area contributed by atoms with Crippen molar-refractivity contribution in [2.75, 3.05) is 6.54 Å². The lowest BCUT2D eigenvalue weighted by Gasteiger charge is -2.31. The van der Waals surface area contributed by atoms with Crippen LogP contribution in [0.15, 0.2) is 52.7 Å². The fraction of sp³-hybridized carbons (Fsp3) is 0.478. The van der Waals surface area contributed by atoms with E-state index in [4.69, 9.17) is 0 Å². The Morgan fingerprint density at radius 2 is 1.84 bits per heavy atom. The molecule has 174 valence electrons. The maximum atomic E-state index is 13.2. The van der Waals surface area contributed by atoms with E-state index >= 15 is 0 Å². The maximum Gasteiger partial charge on any atom is 0.243 e. The van der Waals surface area contributed by atoms with E-state index in [0.29, 0.717) is 6.42 Å². The van der Waals surface area contributed by atoms with E-state index < -0.39 is 28.5 Å². The van der Waals surface area contributed by atoms with Crippen molar-refractivity contribution in [3.8, 4) is 0 Å². The van der Waals surface area contributed by atoms with Crippen molar-refractivity contribution in [1.29, 1.82) is 0 Å². The number of rotatable bonds is 11. The second kappa shape index (κ2) is 11.6. The molecular formula is C23H31N3O4S2. The molecule has 1 heterocycles. The molecule has 2 amide bonds. The summed E-state index contributed by atoms with van der Waals surface area (Å²) in [7, 11) is -3.82. The molecule has 1 aliphatic carbocycles. The number of nitrogens with one attached hydrogen (secondary N) is 2. The average molecular weight is 478 g/mol.